The van der Waals surface area contributed by atoms with Crippen molar-refractivity contribution in [3.05, 3.63) is 35.6 Å². The van der Waals surface area contributed by atoms with E-state index in [0.29, 0.717) is 12.1 Å². The molecule has 1 atom stereocenters. The van der Waals surface area contributed by atoms with Crippen LogP contribution in [0.3, 0.4) is 0 Å². The Kier molecular flexibility index (Phi) is 6.95. The van der Waals surface area contributed by atoms with Gasteiger partial charge in [-0.15, -0.1) is 0 Å². The second-order valence-electron chi connectivity index (χ2n) is 5.92. The van der Waals surface area contributed by atoms with Gasteiger partial charge >= 0.3 is 0 Å². The molecule has 0 aliphatic carbocycles. The molecule has 1 amide bonds. The van der Waals surface area contributed by atoms with Crippen molar-refractivity contribution >= 4 is 5.91 Å². The standard InChI is InChI=1S/C17H26FN3O2/c1-2-15(13-22)21-9-7-20(8-10-21)12-17(23)19-11-14-5-3-4-6-16(14)18/h3-6,15,22H,2,7-13H2,1H3,(H,19,23). The van der Waals surface area contributed by atoms with E-state index < -0.39 is 0 Å². The molecule has 0 bridgehead atoms. The highest BCUT2D eigenvalue weighted by molar-refractivity contribution is 5.78. The second kappa shape index (κ2) is 8.96. The zero-order valence-corrected chi connectivity index (χ0v) is 13.7. The van der Waals surface area contributed by atoms with E-state index in [1.54, 1.807) is 18.2 Å². The third-order valence-corrected chi connectivity index (χ3v) is 4.41. The van der Waals surface area contributed by atoms with Crippen LogP contribution in [0.2, 0.25) is 0 Å². The van der Waals surface area contributed by atoms with Crippen LogP contribution >= 0.6 is 0 Å². The largest absolute Gasteiger partial charge is 0.395 e. The maximum atomic E-state index is 13.5. The fourth-order valence-corrected chi connectivity index (χ4v) is 2.88. The first kappa shape index (κ1) is 17.8. The van der Waals surface area contributed by atoms with E-state index in [1.807, 2.05) is 0 Å². The van der Waals surface area contributed by atoms with E-state index in [0.717, 1.165) is 32.6 Å². The summed E-state index contributed by atoms with van der Waals surface area (Å²) in [5, 5.41) is 12.1. The third-order valence-electron chi connectivity index (χ3n) is 4.41. The van der Waals surface area contributed by atoms with E-state index in [-0.39, 0.29) is 30.9 Å². The molecule has 1 aliphatic heterocycles. The summed E-state index contributed by atoms with van der Waals surface area (Å²) in [6, 6.07) is 6.68. The lowest BCUT2D eigenvalue weighted by atomic mass is 10.1. The fraction of sp³-hybridized carbons (Fsp3) is 0.588. The van der Waals surface area contributed by atoms with Crippen LogP contribution in [-0.4, -0.2) is 66.2 Å². The Hall–Kier alpha value is -1.50. The quantitative estimate of drug-likeness (QED) is 0.780. The highest BCUT2D eigenvalue weighted by atomic mass is 19.1. The summed E-state index contributed by atoms with van der Waals surface area (Å²) in [6.07, 6.45) is 0.930. The normalized spacial score (nSPS) is 17.9. The fourth-order valence-electron chi connectivity index (χ4n) is 2.88. The van der Waals surface area contributed by atoms with Gasteiger partial charge in [0.2, 0.25) is 5.91 Å². The van der Waals surface area contributed by atoms with Gasteiger partial charge in [0, 0.05) is 44.3 Å². The van der Waals surface area contributed by atoms with Gasteiger partial charge in [0.25, 0.3) is 0 Å². The van der Waals surface area contributed by atoms with Crippen molar-refractivity contribution in [1.29, 1.82) is 0 Å². The Balaban J connectivity index is 1.72. The van der Waals surface area contributed by atoms with Crippen molar-refractivity contribution in [3.63, 3.8) is 0 Å². The van der Waals surface area contributed by atoms with Gasteiger partial charge in [0.1, 0.15) is 5.82 Å². The van der Waals surface area contributed by atoms with Crippen LogP contribution < -0.4 is 5.32 Å². The van der Waals surface area contributed by atoms with Gasteiger partial charge in [0.15, 0.2) is 0 Å². The minimum absolute atomic E-state index is 0.0871. The van der Waals surface area contributed by atoms with Gasteiger partial charge in [-0.05, 0) is 12.5 Å². The Labute approximate surface area is 137 Å². The molecule has 1 heterocycles. The first-order valence-corrected chi connectivity index (χ1v) is 8.21. The van der Waals surface area contributed by atoms with E-state index in [4.69, 9.17) is 0 Å². The van der Waals surface area contributed by atoms with Crippen molar-refractivity contribution in [2.75, 3.05) is 39.3 Å². The number of benzene rings is 1. The number of carbonyl (C=O) groups is 1. The summed E-state index contributed by atoms with van der Waals surface area (Å²) in [5.41, 5.74) is 0.499. The molecule has 2 rings (SSSR count). The van der Waals surface area contributed by atoms with Gasteiger partial charge < -0.3 is 10.4 Å². The predicted octanol–water partition coefficient (Wildman–Crippen LogP) is 0.830. The maximum Gasteiger partial charge on any atom is 0.234 e. The molecule has 2 N–H and O–H groups in total. The van der Waals surface area contributed by atoms with Crippen LogP contribution in [0.25, 0.3) is 0 Å². The number of aliphatic hydroxyl groups is 1. The molecule has 0 spiro atoms. The van der Waals surface area contributed by atoms with Crippen molar-refractivity contribution in [1.82, 2.24) is 15.1 Å². The number of rotatable bonds is 7. The lowest BCUT2D eigenvalue weighted by Gasteiger charge is -2.38. The predicted molar refractivity (Wildman–Crippen MR) is 87.4 cm³/mol. The zero-order chi connectivity index (χ0) is 16.7. The molecule has 1 aliphatic rings. The number of nitrogens with zero attached hydrogens (tertiary/aromatic N) is 2. The third kappa shape index (κ3) is 5.27. The number of aliphatic hydroxyl groups excluding tert-OH is 1. The van der Waals surface area contributed by atoms with Crippen LogP contribution in [0.1, 0.15) is 18.9 Å². The number of hydrogen-bond acceptors (Lipinski definition) is 4. The monoisotopic (exact) mass is 323 g/mol. The van der Waals surface area contributed by atoms with Crippen molar-refractivity contribution in [3.8, 4) is 0 Å². The molecule has 0 saturated carbocycles. The summed E-state index contributed by atoms with van der Waals surface area (Å²) in [5.74, 6) is -0.382. The topological polar surface area (TPSA) is 55.8 Å². The van der Waals surface area contributed by atoms with Crippen LogP contribution in [-0.2, 0) is 11.3 Å². The number of amides is 1. The molecule has 0 aromatic heterocycles. The second-order valence-corrected chi connectivity index (χ2v) is 5.92. The van der Waals surface area contributed by atoms with Crippen molar-refractivity contribution < 1.29 is 14.3 Å². The van der Waals surface area contributed by atoms with Gasteiger partial charge in [-0.1, -0.05) is 25.1 Å². The first-order valence-electron chi connectivity index (χ1n) is 8.21. The molecule has 5 nitrogen and oxygen atoms in total. The molecule has 1 aromatic rings. The number of piperazine rings is 1. The van der Waals surface area contributed by atoms with E-state index in [1.165, 1.54) is 6.07 Å². The summed E-state index contributed by atoms with van der Waals surface area (Å²) >= 11 is 0. The Morgan fingerprint density at radius 1 is 1.30 bits per heavy atom. The van der Waals surface area contributed by atoms with Crippen LogP contribution in [0.15, 0.2) is 24.3 Å². The van der Waals surface area contributed by atoms with Crippen molar-refractivity contribution in [2.45, 2.75) is 25.9 Å². The van der Waals surface area contributed by atoms with Gasteiger partial charge in [-0.25, -0.2) is 4.39 Å². The molecule has 128 valence electrons. The Morgan fingerprint density at radius 3 is 2.61 bits per heavy atom. The van der Waals surface area contributed by atoms with E-state index >= 15 is 0 Å². The SMILES string of the molecule is CCC(CO)N1CCN(CC(=O)NCc2ccccc2F)CC1. The molecule has 6 heteroatoms. The van der Waals surface area contributed by atoms with Gasteiger partial charge in [-0.3, -0.25) is 14.6 Å². The van der Waals surface area contributed by atoms with Crippen LogP contribution in [0, 0.1) is 5.82 Å². The first-order chi connectivity index (χ1) is 11.1. The minimum Gasteiger partial charge on any atom is -0.395 e. The highest BCUT2D eigenvalue weighted by Gasteiger charge is 2.23. The van der Waals surface area contributed by atoms with Crippen LogP contribution in [0.4, 0.5) is 4.39 Å². The zero-order valence-electron chi connectivity index (χ0n) is 13.7. The summed E-state index contributed by atoms with van der Waals surface area (Å²) in [4.78, 5) is 16.4. The van der Waals surface area contributed by atoms with Crippen LogP contribution in [0.5, 0.6) is 0 Å². The minimum atomic E-state index is -0.295. The maximum absolute atomic E-state index is 13.5. The molecule has 0 radical (unpaired) electrons. The Morgan fingerprint density at radius 2 is 2.00 bits per heavy atom. The molecule has 1 fully saturated rings. The average Bonchev–Trinajstić information content (AvgIpc) is 2.57. The van der Waals surface area contributed by atoms with E-state index in [9.17, 15) is 14.3 Å². The lowest BCUT2D eigenvalue weighted by Crippen LogP contribution is -2.53. The molecule has 1 saturated heterocycles. The van der Waals surface area contributed by atoms with Crippen molar-refractivity contribution in [2.24, 2.45) is 0 Å². The highest BCUT2D eigenvalue weighted by Crippen LogP contribution is 2.09. The summed E-state index contributed by atoms with van der Waals surface area (Å²) < 4.78 is 13.5. The summed E-state index contributed by atoms with van der Waals surface area (Å²) in [6.45, 7) is 6.14. The summed E-state index contributed by atoms with van der Waals surface area (Å²) in [7, 11) is 0. The number of carbonyl (C=O) groups excluding carboxylic acids is 1. The van der Waals surface area contributed by atoms with E-state index in [2.05, 4.69) is 22.0 Å². The van der Waals surface area contributed by atoms with Gasteiger partial charge in [0.05, 0.1) is 13.2 Å². The van der Waals surface area contributed by atoms with Gasteiger partial charge in [-0.2, -0.15) is 0 Å². The average molecular weight is 323 g/mol. The molecule has 23 heavy (non-hydrogen) atoms. The number of hydrogen-bond donors (Lipinski definition) is 2. The molecule has 1 aromatic carbocycles. The molecular formula is C17H26FN3O2. The number of nitrogens with one attached hydrogen (secondary N) is 1. The molecular weight excluding hydrogens is 297 g/mol. The number of halogens is 1. The Bertz CT molecular complexity index is 500. The lowest BCUT2D eigenvalue weighted by molar-refractivity contribution is -0.123. The smallest absolute Gasteiger partial charge is 0.234 e. The molecule has 1 unspecified atom stereocenters.